The van der Waals surface area contributed by atoms with Crippen molar-refractivity contribution in [1.82, 2.24) is 9.80 Å². The maximum Gasteiger partial charge on any atom is 0.327 e. The highest BCUT2D eigenvalue weighted by atomic mass is 35.5. The normalized spacial score (nSPS) is 18.3. The number of carbonyl (C=O) groups excluding carboxylic acids is 2. The van der Waals surface area contributed by atoms with Crippen LogP contribution in [0.4, 0.5) is 4.79 Å². The van der Waals surface area contributed by atoms with Gasteiger partial charge in [0.05, 0.1) is 6.54 Å². The summed E-state index contributed by atoms with van der Waals surface area (Å²) >= 11 is 10.9. The number of imide groups is 1. The average molecular weight is 211 g/mol. The summed E-state index contributed by atoms with van der Waals surface area (Å²) in [6.07, 6.45) is 0. The van der Waals surface area contributed by atoms with E-state index in [1.165, 1.54) is 4.90 Å². The third kappa shape index (κ3) is 1.81. The Kier molecular flexibility index (Phi) is 2.80. The van der Waals surface area contributed by atoms with Crippen molar-refractivity contribution in [3.05, 3.63) is 0 Å². The Morgan fingerprint density at radius 1 is 1.50 bits per heavy atom. The van der Waals surface area contributed by atoms with Crippen molar-refractivity contribution in [2.45, 2.75) is 4.84 Å². The van der Waals surface area contributed by atoms with Gasteiger partial charge in [0, 0.05) is 7.05 Å². The minimum atomic E-state index is -0.718. The maximum absolute atomic E-state index is 11.2. The molecule has 0 N–H and O–H groups in total. The summed E-state index contributed by atoms with van der Waals surface area (Å²) in [5.41, 5.74) is 0. The smallest absolute Gasteiger partial charge is 0.318 e. The lowest BCUT2D eigenvalue weighted by molar-refractivity contribution is -0.125. The number of urea groups is 1. The van der Waals surface area contributed by atoms with E-state index in [1.54, 1.807) is 7.05 Å². The van der Waals surface area contributed by atoms with Gasteiger partial charge in [-0.1, -0.05) is 0 Å². The van der Waals surface area contributed by atoms with Gasteiger partial charge in [0.1, 0.15) is 11.4 Å². The number of alkyl halides is 2. The van der Waals surface area contributed by atoms with Crippen molar-refractivity contribution < 1.29 is 9.59 Å². The van der Waals surface area contributed by atoms with E-state index in [9.17, 15) is 9.59 Å². The minimum Gasteiger partial charge on any atom is -0.318 e. The topological polar surface area (TPSA) is 40.6 Å². The molecule has 1 heterocycles. The molecule has 0 spiro atoms. The fourth-order valence-corrected chi connectivity index (χ4v) is 1.26. The molecule has 68 valence electrons. The van der Waals surface area contributed by atoms with Crippen LogP contribution in [0.5, 0.6) is 0 Å². The highest BCUT2D eigenvalue weighted by Crippen LogP contribution is 2.12. The summed E-state index contributed by atoms with van der Waals surface area (Å²) in [6, 6.07) is -0.341. The first-order chi connectivity index (χ1) is 5.52. The zero-order valence-electron chi connectivity index (χ0n) is 6.46. The van der Waals surface area contributed by atoms with Gasteiger partial charge in [-0.05, 0) is 0 Å². The van der Waals surface area contributed by atoms with Crippen LogP contribution in [0.15, 0.2) is 0 Å². The molecular formula is C6H8Cl2N2O2. The Labute approximate surface area is 80.0 Å². The molecular weight excluding hydrogens is 203 g/mol. The Balaban J connectivity index is 2.64. The van der Waals surface area contributed by atoms with Crippen LogP contribution >= 0.6 is 23.2 Å². The molecule has 1 saturated heterocycles. The second-order valence-electron chi connectivity index (χ2n) is 2.53. The molecule has 4 nitrogen and oxygen atoms in total. The molecule has 1 aliphatic rings. The zero-order chi connectivity index (χ0) is 9.30. The molecule has 3 amide bonds. The number of amides is 3. The summed E-state index contributed by atoms with van der Waals surface area (Å²) in [6.45, 7) is 0.171. The number of nitrogens with zero attached hydrogens (tertiary/aromatic N) is 2. The van der Waals surface area contributed by atoms with E-state index in [2.05, 4.69) is 0 Å². The van der Waals surface area contributed by atoms with Crippen LogP contribution in [-0.2, 0) is 4.79 Å². The van der Waals surface area contributed by atoms with Gasteiger partial charge in [-0.15, -0.1) is 23.2 Å². The molecule has 0 radical (unpaired) electrons. The second kappa shape index (κ2) is 3.49. The summed E-state index contributed by atoms with van der Waals surface area (Å²) in [5, 5.41) is 0. The zero-order valence-corrected chi connectivity index (χ0v) is 7.97. The van der Waals surface area contributed by atoms with Crippen LogP contribution < -0.4 is 0 Å². The molecule has 6 heteroatoms. The van der Waals surface area contributed by atoms with Crippen LogP contribution in [0.25, 0.3) is 0 Å². The molecule has 0 atom stereocenters. The predicted octanol–water partition coefficient (Wildman–Crippen LogP) is 0.684. The van der Waals surface area contributed by atoms with Crippen molar-refractivity contribution in [3.63, 3.8) is 0 Å². The lowest BCUT2D eigenvalue weighted by Gasteiger charge is -2.13. The molecule has 1 aliphatic heterocycles. The highest BCUT2D eigenvalue weighted by molar-refractivity contribution is 6.44. The lowest BCUT2D eigenvalue weighted by Crippen LogP contribution is -2.34. The van der Waals surface area contributed by atoms with Crippen molar-refractivity contribution in [1.29, 1.82) is 0 Å². The monoisotopic (exact) mass is 210 g/mol. The van der Waals surface area contributed by atoms with Crippen LogP contribution in [-0.4, -0.2) is 46.7 Å². The quantitative estimate of drug-likeness (QED) is 0.497. The van der Waals surface area contributed by atoms with Gasteiger partial charge in [-0.3, -0.25) is 9.69 Å². The van der Waals surface area contributed by atoms with Gasteiger partial charge in [0.2, 0.25) is 5.91 Å². The van der Waals surface area contributed by atoms with Gasteiger partial charge in [-0.25, -0.2) is 4.79 Å². The number of hydrogen-bond acceptors (Lipinski definition) is 2. The molecule has 0 aromatic rings. The van der Waals surface area contributed by atoms with E-state index in [4.69, 9.17) is 23.2 Å². The highest BCUT2D eigenvalue weighted by Gasteiger charge is 2.34. The maximum atomic E-state index is 11.2. The van der Waals surface area contributed by atoms with E-state index >= 15 is 0 Å². The van der Waals surface area contributed by atoms with Gasteiger partial charge >= 0.3 is 6.03 Å². The SMILES string of the molecule is CN1CC(=O)N(CC(Cl)Cl)C1=O. The van der Waals surface area contributed by atoms with E-state index in [0.717, 1.165) is 4.90 Å². The van der Waals surface area contributed by atoms with E-state index in [0.29, 0.717) is 0 Å². The number of carbonyl (C=O) groups is 2. The largest absolute Gasteiger partial charge is 0.327 e. The van der Waals surface area contributed by atoms with E-state index in [1.807, 2.05) is 0 Å². The number of likely N-dealkylation sites (N-methyl/N-ethyl adjacent to an activating group) is 1. The Morgan fingerprint density at radius 3 is 2.42 bits per heavy atom. The van der Waals surface area contributed by atoms with Crippen molar-refractivity contribution >= 4 is 35.1 Å². The van der Waals surface area contributed by atoms with Crippen LogP contribution in [0.3, 0.4) is 0 Å². The first-order valence-corrected chi connectivity index (χ1v) is 4.23. The first-order valence-electron chi connectivity index (χ1n) is 3.36. The molecule has 0 aromatic heterocycles. The number of rotatable bonds is 2. The van der Waals surface area contributed by atoms with Gasteiger partial charge in [0.25, 0.3) is 0 Å². The standard InChI is InChI=1S/C6H8Cl2N2O2/c1-9-3-5(11)10(6(9)12)2-4(7)8/h4H,2-3H2,1H3. The van der Waals surface area contributed by atoms with Gasteiger partial charge < -0.3 is 4.90 Å². The fraction of sp³-hybridized carbons (Fsp3) is 0.667. The number of halogens is 2. The molecule has 1 rings (SSSR count). The van der Waals surface area contributed by atoms with E-state index in [-0.39, 0.29) is 25.0 Å². The van der Waals surface area contributed by atoms with Gasteiger partial charge in [0.15, 0.2) is 0 Å². The average Bonchev–Trinajstić information content (AvgIpc) is 2.16. The Morgan fingerprint density at radius 2 is 2.08 bits per heavy atom. The third-order valence-corrected chi connectivity index (χ3v) is 1.83. The fourth-order valence-electron chi connectivity index (χ4n) is 0.987. The Hall–Kier alpha value is -0.480. The minimum absolute atomic E-state index is 0.0606. The molecule has 0 saturated carbocycles. The van der Waals surface area contributed by atoms with E-state index < -0.39 is 4.84 Å². The summed E-state index contributed by atoms with van der Waals surface area (Å²) in [7, 11) is 1.55. The van der Waals surface area contributed by atoms with Crippen LogP contribution in [0.2, 0.25) is 0 Å². The van der Waals surface area contributed by atoms with Crippen LogP contribution in [0, 0.1) is 0 Å². The van der Waals surface area contributed by atoms with Crippen LogP contribution in [0.1, 0.15) is 0 Å². The van der Waals surface area contributed by atoms with Gasteiger partial charge in [-0.2, -0.15) is 0 Å². The number of hydrogen-bond donors (Lipinski definition) is 0. The lowest BCUT2D eigenvalue weighted by atomic mass is 10.5. The summed E-state index contributed by atoms with van der Waals surface area (Å²) in [4.78, 5) is 23.9. The van der Waals surface area contributed by atoms with Crippen molar-refractivity contribution in [2.75, 3.05) is 20.1 Å². The molecule has 0 bridgehead atoms. The summed E-state index contributed by atoms with van der Waals surface area (Å²) < 4.78 is 0. The molecule has 0 aliphatic carbocycles. The van der Waals surface area contributed by atoms with Crippen molar-refractivity contribution in [2.24, 2.45) is 0 Å². The first kappa shape index (κ1) is 9.61. The third-order valence-electron chi connectivity index (χ3n) is 1.55. The Bertz CT molecular complexity index is 220. The summed E-state index contributed by atoms with van der Waals surface area (Å²) in [5.74, 6) is -0.256. The van der Waals surface area contributed by atoms with Crippen molar-refractivity contribution in [3.8, 4) is 0 Å². The molecule has 0 unspecified atom stereocenters. The molecule has 1 fully saturated rings. The second-order valence-corrected chi connectivity index (χ2v) is 3.81. The molecule has 0 aromatic carbocycles. The predicted molar refractivity (Wildman–Crippen MR) is 45.2 cm³/mol. The molecule has 12 heavy (non-hydrogen) atoms.